The van der Waals surface area contributed by atoms with Crippen LogP contribution in [-0.2, 0) is 9.59 Å². The lowest BCUT2D eigenvalue weighted by atomic mass is 10.0. The molecule has 124 valence electrons. The fourth-order valence-electron chi connectivity index (χ4n) is 2.73. The van der Waals surface area contributed by atoms with Crippen LogP contribution in [0, 0.1) is 10.1 Å². The van der Waals surface area contributed by atoms with Gasteiger partial charge < -0.3 is 10.4 Å². The van der Waals surface area contributed by atoms with Gasteiger partial charge in [-0.2, -0.15) is 0 Å². The highest BCUT2D eigenvalue weighted by molar-refractivity contribution is 5.93. The number of carbonyl (C=O) groups excluding carboxylic acids is 1. The number of carboxylic acids is 1. The molecule has 0 aromatic heterocycles. The Morgan fingerprint density at radius 3 is 2.78 bits per heavy atom. The van der Waals surface area contributed by atoms with Gasteiger partial charge in [0.25, 0.3) is 5.69 Å². The van der Waals surface area contributed by atoms with E-state index >= 15 is 0 Å². The molecular weight excluding hydrogens is 302 g/mol. The molecular formula is C15H19N3O5. The van der Waals surface area contributed by atoms with E-state index in [2.05, 4.69) is 5.32 Å². The van der Waals surface area contributed by atoms with Gasteiger partial charge in [0.05, 0.1) is 4.92 Å². The van der Waals surface area contributed by atoms with Crippen LogP contribution in [0.3, 0.4) is 0 Å². The minimum atomic E-state index is -0.871. The minimum absolute atomic E-state index is 0.0931. The summed E-state index contributed by atoms with van der Waals surface area (Å²) in [5, 5.41) is 22.6. The maximum absolute atomic E-state index is 12.0. The minimum Gasteiger partial charge on any atom is -0.480 e. The summed E-state index contributed by atoms with van der Waals surface area (Å²) < 4.78 is 0. The van der Waals surface area contributed by atoms with E-state index in [0.717, 1.165) is 12.8 Å². The maximum Gasteiger partial charge on any atom is 0.320 e. The second-order valence-corrected chi connectivity index (χ2v) is 5.46. The predicted octanol–water partition coefficient (Wildman–Crippen LogP) is 1.86. The zero-order valence-corrected chi connectivity index (χ0v) is 12.6. The number of hydrogen-bond acceptors (Lipinski definition) is 5. The van der Waals surface area contributed by atoms with Crippen LogP contribution in [0.1, 0.15) is 25.7 Å². The van der Waals surface area contributed by atoms with Crippen LogP contribution in [0.25, 0.3) is 0 Å². The number of para-hydroxylation sites is 2. The second kappa shape index (κ2) is 7.68. The van der Waals surface area contributed by atoms with E-state index in [1.54, 1.807) is 11.0 Å². The van der Waals surface area contributed by atoms with Crippen molar-refractivity contribution < 1.29 is 19.6 Å². The Morgan fingerprint density at radius 1 is 1.35 bits per heavy atom. The van der Waals surface area contributed by atoms with Crippen LogP contribution in [0.15, 0.2) is 24.3 Å². The zero-order valence-electron chi connectivity index (χ0n) is 12.6. The van der Waals surface area contributed by atoms with E-state index in [0.29, 0.717) is 19.5 Å². The number of nitrogens with one attached hydrogen (secondary N) is 1. The Labute approximate surface area is 133 Å². The van der Waals surface area contributed by atoms with Gasteiger partial charge in [0.2, 0.25) is 5.91 Å². The number of nitrogens with zero attached hydrogens (tertiary/aromatic N) is 2. The number of rotatable bonds is 6. The lowest BCUT2D eigenvalue weighted by Gasteiger charge is -2.32. The van der Waals surface area contributed by atoms with E-state index in [1.165, 1.54) is 18.2 Å². The lowest BCUT2D eigenvalue weighted by molar-refractivity contribution is -0.383. The average Bonchev–Trinajstić information content (AvgIpc) is 2.53. The number of piperidine rings is 1. The molecule has 0 aliphatic carbocycles. The molecule has 8 heteroatoms. The van der Waals surface area contributed by atoms with Gasteiger partial charge in [0, 0.05) is 19.0 Å². The van der Waals surface area contributed by atoms with Gasteiger partial charge in [-0.05, 0) is 25.5 Å². The molecule has 0 bridgehead atoms. The molecule has 1 fully saturated rings. The van der Waals surface area contributed by atoms with Crippen LogP contribution in [-0.4, -0.2) is 45.9 Å². The third-order valence-electron chi connectivity index (χ3n) is 3.90. The van der Waals surface area contributed by atoms with Crippen molar-refractivity contribution in [3.63, 3.8) is 0 Å². The third-order valence-corrected chi connectivity index (χ3v) is 3.90. The van der Waals surface area contributed by atoms with Crippen molar-refractivity contribution in [2.75, 3.05) is 18.4 Å². The molecule has 23 heavy (non-hydrogen) atoms. The first kappa shape index (κ1) is 16.9. The average molecular weight is 321 g/mol. The molecule has 1 aliphatic heterocycles. The van der Waals surface area contributed by atoms with Crippen LogP contribution in [0.5, 0.6) is 0 Å². The van der Waals surface area contributed by atoms with Gasteiger partial charge in [-0.25, -0.2) is 0 Å². The summed E-state index contributed by atoms with van der Waals surface area (Å²) in [7, 11) is 0. The number of anilines is 1. The molecule has 2 N–H and O–H groups in total. The molecule has 1 amide bonds. The summed E-state index contributed by atoms with van der Waals surface area (Å²) in [6.45, 7) is 0.971. The van der Waals surface area contributed by atoms with Crippen molar-refractivity contribution in [2.24, 2.45) is 0 Å². The number of hydrogen-bond donors (Lipinski definition) is 2. The van der Waals surface area contributed by atoms with Gasteiger partial charge in [-0.1, -0.05) is 18.6 Å². The number of nitro benzene ring substituents is 1. The quantitative estimate of drug-likeness (QED) is 0.611. The molecule has 1 atom stereocenters. The monoisotopic (exact) mass is 321 g/mol. The highest BCUT2D eigenvalue weighted by Gasteiger charge is 2.28. The standard InChI is InChI=1S/C15H19N3O5/c19-14(16-11-5-1-2-6-12(11)18(22)23)8-10-17-9-4-3-7-13(17)15(20)21/h1-2,5-6,13H,3-4,7-10H2,(H,16,19)(H,20,21). The summed E-state index contributed by atoms with van der Waals surface area (Å²) in [5.41, 5.74) is -0.0156. The van der Waals surface area contributed by atoms with Crippen LogP contribution in [0.4, 0.5) is 11.4 Å². The topological polar surface area (TPSA) is 113 Å². The van der Waals surface area contributed by atoms with Gasteiger partial charge in [-0.3, -0.25) is 24.6 Å². The number of benzene rings is 1. The molecule has 0 radical (unpaired) electrons. The van der Waals surface area contributed by atoms with Crippen LogP contribution in [0.2, 0.25) is 0 Å². The SMILES string of the molecule is O=C(CCN1CCCCC1C(=O)O)Nc1ccccc1[N+](=O)[O-]. The molecule has 0 saturated carbocycles. The first-order valence-electron chi connectivity index (χ1n) is 7.49. The summed E-state index contributed by atoms with van der Waals surface area (Å²) in [6, 6.07) is 5.37. The van der Waals surface area contributed by atoms with Crippen molar-refractivity contribution in [1.82, 2.24) is 4.90 Å². The van der Waals surface area contributed by atoms with Gasteiger partial charge in [0.1, 0.15) is 11.7 Å². The van der Waals surface area contributed by atoms with E-state index < -0.39 is 16.9 Å². The first-order valence-corrected chi connectivity index (χ1v) is 7.49. The largest absolute Gasteiger partial charge is 0.480 e. The van der Waals surface area contributed by atoms with Gasteiger partial charge in [0.15, 0.2) is 0 Å². The Hall–Kier alpha value is -2.48. The molecule has 8 nitrogen and oxygen atoms in total. The number of nitro groups is 1. The van der Waals surface area contributed by atoms with E-state index in [9.17, 15) is 24.8 Å². The Kier molecular flexibility index (Phi) is 5.64. The molecule has 1 heterocycles. The highest BCUT2D eigenvalue weighted by atomic mass is 16.6. The van der Waals surface area contributed by atoms with E-state index in [1.807, 2.05) is 0 Å². The number of aliphatic carboxylic acids is 1. The van der Waals surface area contributed by atoms with Crippen molar-refractivity contribution in [3.05, 3.63) is 34.4 Å². The van der Waals surface area contributed by atoms with Crippen molar-refractivity contribution >= 4 is 23.3 Å². The van der Waals surface area contributed by atoms with Gasteiger partial charge >= 0.3 is 5.97 Å². The Morgan fingerprint density at radius 2 is 2.09 bits per heavy atom. The fraction of sp³-hybridized carbons (Fsp3) is 0.467. The number of carbonyl (C=O) groups is 2. The van der Waals surface area contributed by atoms with Gasteiger partial charge in [-0.15, -0.1) is 0 Å². The first-order chi connectivity index (χ1) is 11.0. The van der Waals surface area contributed by atoms with Crippen molar-refractivity contribution in [1.29, 1.82) is 0 Å². The zero-order chi connectivity index (χ0) is 16.8. The lowest BCUT2D eigenvalue weighted by Crippen LogP contribution is -2.45. The molecule has 2 rings (SSSR count). The number of likely N-dealkylation sites (tertiary alicyclic amines) is 1. The van der Waals surface area contributed by atoms with E-state index in [-0.39, 0.29) is 23.7 Å². The molecule has 0 spiro atoms. The fourth-order valence-corrected chi connectivity index (χ4v) is 2.73. The molecule has 1 aromatic carbocycles. The molecule has 1 aliphatic rings. The Balaban J connectivity index is 1.92. The van der Waals surface area contributed by atoms with E-state index in [4.69, 9.17) is 0 Å². The van der Waals surface area contributed by atoms with Crippen LogP contribution >= 0.6 is 0 Å². The highest BCUT2D eigenvalue weighted by Crippen LogP contribution is 2.23. The smallest absolute Gasteiger partial charge is 0.320 e. The van der Waals surface area contributed by atoms with Crippen LogP contribution < -0.4 is 5.32 Å². The molecule has 1 saturated heterocycles. The number of amides is 1. The van der Waals surface area contributed by atoms with Crippen molar-refractivity contribution in [2.45, 2.75) is 31.7 Å². The molecule has 1 unspecified atom stereocenters. The number of carboxylic acid groups (broad SMARTS) is 1. The summed E-state index contributed by atoms with van der Waals surface area (Å²) in [6.07, 6.45) is 2.46. The Bertz CT molecular complexity index is 605. The third kappa shape index (κ3) is 4.49. The maximum atomic E-state index is 12.0. The van der Waals surface area contributed by atoms with Crippen molar-refractivity contribution in [3.8, 4) is 0 Å². The molecule has 1 aromatic rings. The summed E-state index contributed by atoms with van der Waals surface area (Å²) >= 11 is 0. The predicted molar refractivity (Wildman–Crippen MR) is 83.2 cm³/mol. The normalized spacial score (nSPS) is 18.3. The second-order valence-electron chi connectivity index (χ2n) is 5.46. The summed E-state index contributed by atoms with van der Waals surface area (Å²) in [4.78, 5) is 35.3. The summed E-state index contributed by atoms with van der Waals surface area (Å²) in [5.74, 6) is -1.24.